The van der Waals surface area contributed by atoms with Gasteiger partial charge in [0.25, 0.3) is 0 Å². The molecule has 0 unspecified atom stereocenters. The Hall–Kier alpha value is -2.70. The quantitative estimate of drug-likeness (QED) is 0.666. The van der Waals surface area contributed by atoms with Crippen molar-refractivity contribution in [2.45, 2.75) is 31.9 Å². The number of fused-ring (bicyclic) bond motifs is 1. The second kappa shape index (κ2) is 6.79. The molecule has 0 spiro atoms. The van der Waals surface area contributed by atoms with Crippen LogP contribution in [0.1, 0.15) is 35.6 Å². The van der Waals surface area contributed by atoms with Crippen LogP contribution in [0.15, 0.2) is 36.8 Å². The first-order valence-electron chi connectivity index (χ1n) is 9.51. The van der Waals surface area contributed by atoms with Crippen LogP contribution in [0.3, 0.4) is 0 Å². The first kappa shape index (κ1) is 16.5. The fraction of sp³-hybridized carbons (Fsp3) is 0.333. The normalized spacial score (nSPS) is 19.2. The molecule has 2 aromatic heterocycles. The van der Waals surface area contributed by atoms with Crippen molar-refractivity contribution in [2.75, 3.05) is 18.9 Å². The Balaban J connectivity index is 1.63. The molecular weight excluding hydrogens is 338 g/mol. The molecule has 0 saturated carbocycles. The summed E-state index contributed by atoms with van der Waals surface area (Å²) in [6.07, 6.45) is 8.84. The van der Waals surface area contributed by atoms with Crippen LogP contribution in [0.25, 0.3) is 22.3 Å². The van der Waals surface area contributed by atoms with Gasteiger partial charge in [0.15, 0.2) is 0 Å². The summed E-state index contributed by atoms with van der Waals surface area (Å²) in [6, 6.07) is 7.13. The second-order valence-corrected chi connectivity index (χ2v) is 7.30. The maximum Gasteiger partial charge on any atom is 0.131 e. The van der Waals surface area contributed by atoms with E-state index in [9.17, 15) is 0 Å². The molecule has 27 heavy (non-hydrogen) atoms. The summed E-state index contributed by atoms with van der Waals surface area (Å²) in [7, 11) is 0. The van der Waals surface area contributed by atoms with Gasteiger partial charge in [-0.05, 0) is 60.2 Å². The lowest BCUT2D eigenvalue weighted by molar-refractivity contribution is 0.109. The summed E-state index contributed by atoms with van der Waals surface area (Å²) >= 11 is 0. The van der Waals surface area contributed by atoms with Crippen molar-refractivity contribution in [1.82, 2.24) is 20.5 Å². The molecular formula is C21H23N5O. The molecule has 1 aromatic carbocycles. The minimum absolute atomic E-state index is 0.412. The van der Waals surface area contributed by atoms with E-state index in [2.05, 4.69) is 38.7 Å². The minimum atomic E-state index is 0.412. The Labute approximate surface area is 158 Å². The molecule has 6 heteroatoms. The molecule has 0 amide bonds. The number of H-pyrrole nitrogens is 1. The summed E-state index contributed by atoms with van der Waals surface area (Å²) in [6.45, 7) is 2.58. The van der Waals surface area contributed by atoms with Crippen LogP contribution in [0.4, 0.5) is 5.82 Å². The first-order chi connectivity index (χ1) is 13.3. The molecule has 5 rings (SSSR count). The van der Waals surface area contributed by atoms with E-state index in [1.54, 1.807) is 6.20 Å². The zero-order valence-corrected chi connectivity index (χ0v) is 15.2. The van der Waals surface area contributed by atoms with Crippen LogP contribution in [0.2, 0.25) is 0 Å². The number of hydrogen-bond donors (Lipinski definition) is 3. The molecule has 4 N–H and O–H groups in total. The molecule has 0 radical (unpaired) electrons. The number of anilines is 1. The average molecular weight is 361 g/mol. The Morgan fingerprint density at radius 2 is 2.07 bits per heavy atom. The van der Waals surface area contributed by atoms with Crippen LogP contribution < -0.4 is 11.1 Å². The Bertz CT molecular complexity index is 961. The number of rotatable bonds is 3. The summed E-state index contributed by atoms with van der Waals surface area (Å²) in [5.74, 6) is 0.518. The lowest BCUT2D eigenvalue weighted by atomic mass is 9.88. The molecule has 1 atom stereocenters. The highest BCUT2D eigenvalue weighted by Crippen LogP contribution is 2.36. The fourth-order valence-electron chi connectivity index (χ4n) is 4.20. The van der Waals surface area contributed by atoms with E-state index in [1.807, 2.05) is 12.4 Å². The molecule has 0 bridgehead atoms. The number of pyridine rings is 1. The predicted molar refractivity (Wildman–Crippen MR) is 105 cm³/mol. The molecule has 3 aromatic rings. The number of nitrogens with zero attached hydrogens (tertiary/aromatic N) is 2. The van der Waals surface area contributed by atoms with Crippen LogP contribution in [0.5, 0.6) is 0 Å². The SMILES string of the molecule is Nc1ncc(-c2cc3c(c([C@H]4CCCN4)c2)COCC3)cc1-c1cn[nH]c1. The van der Waals surface area contributed by atoms with Crippen molar-refractivity contribution in [3.8, 4) is 22.3 Å². The average Bonchev–Trinajstić information content (AvgIpc) is 3.41. The maximum absolute atomic E-state index is 6.12. The first-order valence-corrected chi connectivity index (χ1v) is 9.51. The molecule has 4 heterocycles. The van der Waals surface area contributed by atoms with Crippen LogP contribution in [0, 0.1) is 0 Å². The van der Waals surface area contributed by atoms with E-state index in [0.29, 0.717) is 18.5 Å². The number of ether oxygens (including phenoxy) is 1. The van der Waals surface area contributed by atoms with Gasteiger partial charge in [-0.1, -0.05) is 6.07 Å². The van der Waals surface area contributed by atoms with Gasteiger partial charge < -0.3 is 15.8 Å². The standard InChI is InChI=1S/C21H23N5O/c22-21-17(16-10-25-26-11-16)8-15(9-24-21)14-6-13-3-5-27-12-19(13)18(7-14)20-2-1-4-23-20/h6-11,20,23H,1-5,12H2,(H2,22,24)(H,25,26)/t20-/m1/s1. The molecule has 0 aliphatic carbocycles. The van der Waals surface area contributed by atoms with Crippen molar-refractivity contribution < 1.29 is 4.74 Å². The fourth-order valence-corrected chi connectivity index (χ4v) is 4.20. The molecule has 6 nitrogen and oxygen atoms in total. The van der Waals surface area contributed by atoms with Gasteiger partial charge in [-0.3, -0.25) is 5.10 Å². The maximum atomic E-state index is 6.12. The molecule has 1 saturated heterocycles. The van der Waals surface area contributed by atoms with E-state index < -0.39 is 0 Å². The summed E-state index contributed by atoms with van der Waals surface area (Å²) in [5.41, 5.74) is 14.4. The highest BCUT2D eigenvalue weighted by molar-refractivity contribution is 5.79. The lowest BCUT2D eigenvalue weighted by Gasteiger charge is -2.24. The van der Waals surface area contributed by atoms with E-state index in [1.165, 1.54) is 35.1 Å². The molecule has 2 aliphatic heterocycles. The number of nitrogens with two attached hydrogens (primary N) is 1. The van der Waals surface area contributed by atoms with Crippen LogP contribution >= 0.6 is 0 Å². The lowest BCUT2D eigenvalue weighted by Crippen LogP contribution is -2.19. The Morgan fingerprint density at radius 1 is 1.11 bits per heavy atom. The van der Waals surface area contributed by atoms with Gasteiger partial charge in [0.1, 0.15) is 5.82 Å². The highest BCUT2D eigenvalue weighted by Gasteiger charge is 2.24. The third-order valence-electron chi connectivity index (χ3n) is 5.64. The van der Waals surface area contributed by atoms with Crippen LogP contribution in [-0.2, 0) is 17.8 Å². The van der Waals surface area contributed by atoms with Gasteiger partial charge in [-0.25, -0.2) is 4.98 Å². The minimum Gasteiger partial charge on any atom is -0.383 e. The van der Waals surface area contributed by atoms with Crippen molar-refractivity contribution >= 4 is 5.82 Å². The molecule has 138 valence electrons. The van der Waals surface area contributed by atoms with Crippen LogP contribution in [-0.4, -0.2) is 28.3 Å². The Kier molecular flexibility index (Phi) is 4.14. The summed E-state index contributed by atoms with van der Waals surface area (Å²) in [4.78, 5) is 4.45. The summed E-state index contributed by atoms with van der Waals surface area (Å²) < 4.78 is 5.76. The second-order valence-electron chi connectivity index (χ2n) is 7.30. The van der Waals surface area contributed by atoms with E-state index >= 15 is 0 Å². The number of aromatic nitrogens is 3. The van der Waals surface area contributed by atoms with Gasteiger partial charge >= 0.3 is 0 Å². The van der Waals surface area contributed by atoms with Gasteiger partial charge in [0.05, 0.1) is 19.4 Å². The topological polar surface area (TPSA) is 88.8 Å². The third-order valence-corrected chi connectivity index (χ3v) is 5.64. The highest BCUT2D eigenvalue weighted by atomic mass is 16.5. The predicted octanol–water partition coefficient (Wildman–Crippen LogP) is 3.22. The molecule has 2 aliphatic rings. The summed E-state index contributed by atoms with van der Waals surface area (Å²) in [5, 5.41) is 10.5. The Morgan fingerprint density at radius 3 is 2.89 bits per heavy atom. The van der Waals surface area contributed by atoms with E-state index in [4.69, 9.17) is 10.5 Å². The van der Waals surface area contributed by atoms with Gasteiger partial charge in [-0.15, -0.1) is 0 Å². The third kappa shape index (κ3) is 3.01. The monoisotopic (exact) mass is 361 g/mol. The van der Waals surface area contributed by atoms with Gasteiger partial charge in [0, 0.05) is 35.1 Å². The number of nitrogen functional groups attached to an aromatic ring is 1. The number of benzene rings is 1. The number of aromatic amines is 1. The zero-order chi connectivity index (χ0) is 18.2. The number of hydrogen-bond acceptors (Lipinski definition) is 5. The largest absolute Gasteiger partial charge is 0.383 e. The van der Waals surface area contributed by atoms with Crippen molar-refractivity contribution in [3.63, 3.8) is 0 Å². The van der Waals surface area contributed by atoms with Gasteiger partial charge in [0.2, 0.25) is 0 Å². The van der Waals surface area contributed by atoms with E-state index in [-0.39, 0.29) is 0 Å². The smallest absolute Gasteiger partial charge is 0.131 e. The van der Waals surface area contributed by atoms with E-state index in [0.717, 1.165) is 36.3 Å². The number of nitrogens with one attached hydrogen (secondary N) is 2. The van der Waals surface area contributed by atoms with Crippen molar-refractivity contribution in [1.29, 1.82) is 0 Å². The zero-order valence-electron chi connectivity index (χ0n) is 15.2. The van der Waals surface area contributed by atoms with Crippen molar-refractivity contribution in [3.05, 3.63) is 53.5 Å². The van der Waals surface area contributed by atoms with Gasteiger partial charge in [-0.2, -0.15) is 5.10 Å². The molecule has 1 fully saturated rings. The van der Waals surface area contributed by atoms with Crippen molar-refractivity contribution in [2.24, 2.45) is 0 Å².